The number of amides is 2. The third-order valence-electron chi connectivity index (χ3n) is 3.84. The predicted octanol–water partition coefficient (Wildman–Crippen LogP) is 2.98. The molecule has 1 aromatic heterocycles. The minimum absolute atomic E-state index is 0.0676. The SMILES string of the molecule is C=C1C(=O)N=C(n2nc(C)cc2NC(=O)c2cc(OC)ccc2Br)N=C1C. The van der Waals surface area contributed by atoms with Gasteiger partial charge in [-0.1, -0.05) is 6.58 Å². The Kier molecular flexibility index (Phi) is 5.04. The topological polar surface area (TPSA) is 97.9 Å². The van der Waals surface area contributed by atoms with E-state index < -0.39 is 5.91 Å². The fraction of sp³-hybridized carbons (Fsp3) is 0.167. The second-order valence-corrected chi connectivity index (χ2v) is 6.63. The van der Waals surface area contributed by atoms with Gasteiger partial charge in [0.25, 0.3) is 17.8 Å². The molecule has 0 spiro atoms. The molecule has 1 N–H and O–H groups in total. The van der Waals surface area contributed by atoms with Gasteiger partial charge in [-0.15, -0.1) is 0 Å². The van der Waals surface area contributed by atoms with Crippen LogP contribution in [0.4, 0.5) is 5.82 Å². The van der Waals surface area contributed by atoms with E-state index in [1.807, 2.05) is 0 Å². The zero-order chi connectivity index (χ0) is 19.7. The number of hydrogen-bond acceptors (Lipinski definition) is 5. The molecule has 1 aromatic carbocycles. The molecule has 0 atom stereocenters. The molecular weight excluding hydrogens is 414 g/mol. The second kappa shape index (κ2) is 7.28. The van der Waals surface area contributed by atoms with Crippen LogP contribution in [0.1, 0.15) is 23.0 Å². The van der Waals surface area contributed by atoms with Crippen LogP contribution < -0.4 is 10.1 Å². The van der Waals surface area contributed by atoms with Gasteiger partial charge in [-0.2, -0.15) is 14.8 Å². The summed E-state index contributed by atoms with van der Waals surface area (Å²) in [4.78, 5) is 32.8. The lowest BCUT2D eigenvalue weighted by molar-refractivity contribution is -0.113. The quantitative estimate of drug-likeness (QED) is 0.758. The van der Waals surface area contributed by atoms with Crippen LogP contribution in [0, 0.1) is 6.92 Å². The normalized spacial score (nSPS) is 13.9. The molecule has 9 heteroatoms. The van der Waals surface area contributed by atoms with Crippen LogP contribution in [0.5, 0.6) is 5.75 Å². The fourth-order valence-electron chi connectivity index (χ4n) is 2.38. The molecule has 0 unspecified atom stereocenters. The molecular formula is C18H16BrN5O3. The smallest absolute Gasteiger partial charge is 0.281 e. The van der Waals surface area contributed by atoms with Crippen LogP contribution in [-0.2, 0) is 4.79 Å². The molecule has 3 rings (SSSR count). The number of aromatic nitrogens is 2. The van der Waals surface area contributed by atoms with Crippen LogP contribution in [-0.4, -0.2) is 40.4 Å². The van der Waals surface area contributed by atoms with Gasteiger partial charge >= 0.3 is 0 Å². The second-order valence-electron chi connectivity index (χ2n) is 5.78. The van der Waals surface area contributed by atoms with Crippen molar-refractivity contribution in [3.8, 4) is 5.75 Å². The number of ether oxygens (including phenoxy) is 1. The number of rotatable bonds is 3. The minimum Gasteiger partial charge on any atom is -0.497 e. The van der Waals surface area contributed by atoms with E-state index in [2.05, 4.69) is 42.9 Å². The Bertz CT molecular complexity index is 1040. The summed E-state index contributed by atoms with van der Waals surface area (Å²) in [5, 5.41) is 7.05. The van der Waals surface area contributed by atoms with E-state index in [1.54, 1.807) is 38.1 Å². The molecule has 0 radical (unpaired) electrons. The molecule has 138 valence electrons. The van der Waals surface area contributed by atoms with E-state index in [1.165, 1.54) is 11.8 Å². The standard InChI is InChI=1S/C18H16BrN5O3/c1-9-7-15(21-17(26)13-8-12(27-4)5-6-14(13)19)24(23-9)18-20-11(3)10(2)16(25)22-18/h5-8H,2H2,1,3-4H3,(H,21,26). The third-order valence-corrected chi connectivity index (χ3v) is 4.54. The number of nitrogens with zero attached hydrogens (tertiary/aromatic N) is 4. The van der Waals surface area contributed by atoms with Gasteiger partial charge in [0, 0.05) is 10.5 Å². The van der Waals surface area contributed by atoms with Crippen molar-refractivity contribution in [3.63, 3.8) is 0 Å². The highest BCUT2D eigenvalue weighted by Gasteiger charge is 2.22. The number of nitrogens with one attached hydrogen (secondary N) is 1. The molecule has 0 bridgehead atoms. The van der Waals surface area contributed by atoms with Gasteiger partial charge in [0.2, 0.25) is 0 Å². The van der Waals surface area contributed by atoms with Crippen molar-refractivity contribution < 1.29 is 14.3 Å². The van der Waals surface area contributed by atoms with Crippen LogP contribution >= 0.6 is 15.9 Å². The Morgan fingerprint density at radius 1 is 1.26 bits per heavy atom. The highest BCUT2D eigenvalue weighted by molar-refractivity contribution is 9.10. The lowest BCUT2D eigenvalue weighted by Crippen LogP contribution is -2.25. The van der Waals surface area contributed by atoms with Crippen molar-refractivity contribution in [2.24, 2.45) is 9.98 Å². The maximum atomic E-state index is 12.7. The molecule has 0 fully saturated rings. The summed E-state index contributed by atoms with van der Waals surface area (Å²) in [6.45, 7) is 7.06. The van der Waals surface area contributed by atoms with Gasteiger partial charge in [-0.05, 0) is 48.0 Å². The number of carbonyl (C=O) groups is 2. The first-order chi connectivity index (χ1) is 12.8. The van der Waals surface area contributed by atoms with Gasteiger partial charge in [-0.3, -0.25) is 9.59 Å². The highest BCUT2D eigenvalue weighted by atomic mass is 79.9. The third kappa shape index (κ3) is 3.72. The summed E-state index contributed by atoms with van der Waals surface area (Å²) < 4.78 is 7.09. The predicted molar refractivity (Wildman–Crippen MR) is 106 cm³/mol. The average Bonchev–Trinajstić information content (AvgIpc) is 2.99. The summed E-state index contributed by atoms with van der Waals surface area (Å²) in [5.74, 6) is 0.0862. The van der Waals surface area contributed by atoms with E-state index in [0.29, 0.717) is 33.0 Å². The summed E-state index contributed by atoms with van der Waals surface area (Å²) in [5.41, 5.74) is 1.69. The van der Waals surface area contributed by atoms with Crippen molar-refractivity contribution >= 4 is 45.2 Å². The molecule has 27 heavy (non-hydrogen) atoms. The summed E-state index contributed by atoms with van der Waals surface area (Å²) in [7, 11) is 1.52. The molecule has 2 heterocycles. The Morgan fingerprint density at radius 3 is 2.67 bits per heavy atom. The lowest BCUT2D eigenvalue weighted by atomic mass is 10.2. The number of anilines is 1. The van der Waals surface area contributed by atoms with Crippen LogP contribution in [0.3, 0.4) is 0 Å². The number of hydrogen-bond donors (Lipinski definition) is 1. The first kappa shape index (κ1) is 18.7. The summed E-state index contributed by atoms with van der Waals surface area (Å²) >= 11 is 3.36. The van der Waals surface area contributed by atoms with Crippen molar-refractivity contribution in [2.75, 3.05) is 12.4 Å². The highest BCUT2D eigenvalue weighted by Crippen LogP contribution is 2.24. The Labute approximate surface area is 163 Å². The Morgan fingerprint density at radius 2 is 2.00 bits per heavy atom. The summed E-state index contributed by atoms with van der Waals surface area (Å²) in [6.07, 6.45) is 0. The first-order valence-corrected chi connectivity index (χ1v) is 8.69. The van der Waals surface area contributed by atoms with E-state index in [4.69, 9.17) is 4.74 Å². The van der Waals surface area contributed by atoms with Gasteiger partial charge < -0.3 is 10.1 Å². The van der Waals surface area contributed by atoms with Gasteiger partial charge in [0.1, 0.15) is 11.6 Å². The van der Waals surface area contributed by atoms with Gasteiger partial charge in [0.05, 0.1) is 29.7 Å². The van der Waals surface area contributed by atoms with Crippen LogP contribution in [0.15, 0.2) is 50.9 Å². The lowest BCUT2D eigenvalue weighted by Gasteiger charge is -2.13. The summed E-state index contributed by atoms with van der Waals surface area (Å²) in [6, 6.07) is 6.73. The monoisotopic (exact) mass is 429 g/mol. The van der Waals surface area contributed by atoms with Crippen LogP contribution in [0.2, 0.25) is 0 Å². The number of halogens is 1. The zero-order valence-corrected chi connectivity index (χ0v) is 16.5. The van der Waals surface area contributed by atoms with E-state index in [-0.39, 0.29) is 17.4 Å². The van der Waals surface area contributed by atoms with Crippen molar-refractivity contribution in [3.05, 3.63) is 52.1 Å². The number of aryl methyl sites for hydroxylation is 1. The number of carbonyl (C=O) groups excluding carboxylic acids is 2. The number of methoxy groups -OCH3 is 1. The van der Waals surface area contributed by atoms with Gasteiger partial charge in [0.15, 0.2) is 0 Å². The van der Waals surface area contributed by atoms with Gasteiger partial charge in [-0.25, -0.2) is 4.99 Å². The molecule has 0 aliphatic carbocycles. The Balaban J connectivity index is 1.96. The van der Waals surface area contributed by atoms with E-state index in [9.17, 15) is 9.59 Å². The molecule has 2 aromatic rings. The minimum atomic E-state index is -0.488. The van der Waals surface area contributed by atoms with Crippen LogP contribution in [0.25, 0.3) is 0 Å². The first-order valence-electron chi connectivity index (χ1n) is 7.89. The maximum Gasteiger partial charge on any atom is 0.281 e. The van der Waals surface area contributed by atoms with Crippen molar-refractivity contribution in [1.82, 2.24) is 9.78 Å². The van der Waals surface area contributed by atoms with Crippen molar-refractivity contribution in [2.45, 2.75) is 13.8 Å². The fourth-order valence-corrected chi connectivity index (χ4v) is 2.81. The molecule has 0 saturated heterocycles. The Hall–Kier alpha value is -3.07. The van der Waals surface area contributed by atoms with Crippen molar-refractivity contribution in [1.29, 1.82) is 0 Å². The molecule has 8 nitrogen and oxygen atoms in total. The zero-order valence-electron chi connectivity index (χ0n) is 14.9. The molecule has 1 aliphatic heterocycles. The number of aliphatic imine (C=N–C) groups is 2. The molecule has 0 saturated carbocycles. The number of benzene rings is 1. The maximum absolute atomic E-state index is 12.7. The average molecular weight is 430 g/mol. The van der Waals surface area contributed by atoms with E-state index >= 15 is 0 Å². The molecule has 2 amide bonds. The molecule has 1 aliphatic rings. The van der Waals surface area contributed by atoms with E-state index in [0.717, 1.165) is 0 Å². The largest absolute Gasteiger partial charge is 0.497 e.